The molecular formula is C14H16N2O3. The highest BCUT2D eigenvalue weighted by molar-refractivity contribution is 5.85. The summed E-state index contributed by atoms with van der Waals surface area (Å²) in [5, 5.41) is 12.2. The van der Waals surface area contributed by atoms with Crippen LogP contribution in [0.2, 0.25) is 0 Å². The number of hydrogen-bond acceptors (Lipinski definition) is 4. The smallest absolute Gasteiger partial charge is 0.358 e. The molecule has 5 heteroatoms. The number of carboxylic acids is 1. The summed E-state index contributed by atoms with van der Waals surface area (Å²) in [6.45, 7) is 1.42. The molecular weight excluding hydrogens is 244 g/mol. The fraction of sp³-hybridized carbons (Fsp3) is 0.286. The zero-order valence-corrected chi connectivity index (χ0v) is 10.7. The minimum absolute atomic E-state index is 0.0496. The molecule has 0 saturated carbocycles. The second kappa shape index (κ2) is 6.15. The van der Waals surface area contributed by atoms with Crippen LogP contribution in [0.4, 0.5) is 0 Å². The second-order valence-electron chi connectivity index (χ2n) is 4.46. The minimum Gasteiger partial charge on any atom is -0.476 e. The third kappa shape index (κ3) is 3.93. The summed E-state index contributed by atoms with van der Waals surface area (Å²) in [5.41, 5.74) is 1.23. The molecule has 0 aliphatic heterocycles. The van der Waals surface area contributed by atoms with Crippen molar-refractivity contribution in [3.05, 3.63) is 53.4 Å². The van der Waals surface area contributed by atoms with E-state index in [1.807, 2.05) is 25.2 Å². The van der Waals surface area contributed by atoms with E-state index in [9.17, 15) is 4.79 Å². The van der Waals surface area contributed by atoms with Crippen molar-refractivity contribution in [3.8, 4) is 0 Å². The number of aromatic carboxylic acids is 1. The first kappa shape index (κ1) is 13.3. The Bertz CT molecular complexity index is 537. The van der Waals surface area contributed by atoms with E-state index >= 15 is 0 Å². The van der Waals surface area contributed by atoms with Gasteiger partial charge in [0.2, 0.25) is 0 Å². The van der Waals surface area contributed by atoms with E-state index in [-0.39, 0.29) is 5.69 Å². The first-order chi connectivity index (χ1) is 9.15. The standard InChI is InChI=1S/C14H16N2O3/c1-16(8-7-11-5-3-2-4-6-11)10-12-9-13(14(17)18)15-19-12/h2-6,9H,7-8,10H2,1H3,(H,17,18). The van der Waals surface area contributed by atoms with E-state index in [0.29, 0.717) is 12.3 Å². The molecule has 0 saturated heterocycles. The summed E-state index contributed by atoms with van der Waals surface area (Å²) in [6.07, 6.45) is 0.942. The molecule has 1 N–H and O–H groups in total. The Morgan fingerprint density at radius 3 is 2.74 bits per heavy atom. The molecule has 0 amide bonds. The van der Waals surface area contributed by atoms with Gasteiger partial charge in [0.15, 0.2) is 11.5 Å². The van der Waals surface area contributed by atoms with Crippen LogP contribution in [0.1, 0.15) is 21.8 Å². The average Bonchev–Trinajstić information content (AvgIpc) is 2.86. The van der Waals surface area contributed by atoms with Crippen molar-refractivity contribution >= 4 is 5.97 Å². The van der Waals surface area contributed by atoms with E-state index < -0.39 is 5.97 Å². The van der Waals surface area contributed by atoms with E-state index in [1.54, 1.807) is 0 Å². The van der Waals surface area contributed by atoms with E-state index in [2.05, 4.69) is 22.2 Å². The predicted molar refractivity (Wildman–Crippen MR) is 69.9 cm³/mol. The summed E-state index contributed by atoms with van der Waals surface area (Å²) in [4.78, 5) is 12.7. The predicted octanol–water partition coefficient (Wildman–Crippen LogP) is 2.05. The van der Waals surface area contributed by atoms with Crippen molar-refractivity contribution in [2.45, 2.75) is 13.0 Å². The molecule has 0 spiro atoms. The minimum atomic E-state index is -1.07. The largest absolute Gasteiger partial charge is 0.476 e. The normalized spacial score (nSPS) is 10.8. The van der Waals surface area contributed by atoms with Crippen molar-refractivity contribution in [3.63, 3.8) is 0 Å². The summed E-state index contributed by atoms with van der Waals surface area (Å²) in [6, 6.07) is 11.7. The Hall–Kier alpha value is -2.14. The van der Waals surface area contributed by atoms with Gasteiger partial charge in [-0.3, -0.25) is 4.90 Å². The number of nitrogens with zero attached hydrogens (tertiary/aromatic N) is 2. The lowest BCUT2D eigenvalue weighted by Crippen LogP contribution is -2.20. The Balaban J connectivity index is 1.83. The molecule has 0 unspecified atom stereocenters. The van der Waals surface area contributed by atoms with Gasteiger partial charge in [0.05, 0.1) is 6.54 Å². The molecule has 0 bridgehead atoms. The van der Waals surface area contributed by atoms with Crippen molar-refractivity contribution in [2.75, 3.05) is 13.6 Å². The van der Waals surface area contributed by atoms with Crippen LogP contribution in [-0.4, -0.2) is 34.7 Å². The van der Waals surface area contributed by atoms with Gasteiger partial charge < -0.3 is 9.63 Å². The third-order valence-electron chi connectivity index (χ3n) is 2.83. The number of rotatable bonds is 6. The van der Waals surface area contributed by atoms with Crippen LogP contribution in [0.5, 0.6) is 0 Å². The number of hydrogen-bond donors (Lipinski definition) is 1. The zero-order valence-electron chi connectivity index (χ0n) is 10.7. The molecule has 0 atom stereocenters. The van der Waals surface area contributed by atoms with Crippen LogP contribution in [0.15, 0.2) is 40.9 Å². The average molecular weight is 260 g/mol. The first-order valence-electron chi connectivity index (χ1n) is 6.06. The topological polar surface area (TPSA) is 66.6 Å². The van der Waals surface area contributed by atoms with Crippen LogP contribution in [0, 0.1) is 0 Å². The zero-order chi connectivity index (χ0) is 13.7. The van der Waals surface area contributed by atoms with Gasteiger partial charge in [-0.25, -0.2) is 4.79 Å². The maximum atomic E-state index is 10.7. The van der Waals surface area contributed by atoms with Gasteiger partial charge in [0.1, 0.15) is 0 Å². The summed E-state index contributed by atoms with van der Waals surface area (Å²) in [7, 11) is 1.96. The summed E-state index contributed by atoms with van der Waals surface area (Å²) in [5.74, 6) is -0.505. The second-order valence-corrected chi connectivity index (χ2v) is 4.46. The van der Waals surface area contributed by atoms with Crippen LogP contribution in [0.3, 0.4) is 0 Å². The van der Waals surface area contributed by atoms with Crippen LogP contribution >= 0.6 is 0 Å². The molecule has 2 rings (SSSR count). The molecule has 1 aromatic carbocycles. The maximum Gasteiger partial charge on any atom is 0.358 e. The number of likely N-dealkylation sites (N-methyl/N-ethyl adjacent to an activating group) is 1. The number of aromatic nitrogens is 1. The SMILES string of the molecule is CN(CCc1ccccc1)Cc1cc(C(=O)O)no1. The number of benzene rings is 1. The fourth-order valence-electron chi connectivity index (χ4n) is 1.80. The Morgan fingerprint density at radius 2 is 2.11 bits per heavy atom. The molecule has 1 aromatic heterocycles. The van der Waals surface area contributed by atoms with Crippen LogP contribution in [0.25, 0.3) is 0 Å². The molecule has 0 radical (unpaired) electrons. The molecule has 1 heterocycles. The number of carbonyl (C=O) groups is 1. The number of carboxylic acid groups (broad SMARTS) is 1. The monoisotopic (exact) mass is 260 g/mol. The quantitative estimate of drug-likeness (QED) is 0.861. The van der Waals surface area contributed by atoms with Gasteiger partial charge in [-0.15, -0.1) is 0 Å². The molecule has 100 valence electrons. The lowest BCUT2D eigenvalue weighted by atomic mass is 10.1. The van der Waals surface area contributed by atoms with Gasteiger partial charge in [0.25, 0.3) is 0 Å². The Kier molecular flexibility index (Phi) is 4.30. The van der Waals surface area contributed by atoms with Gasteiger partial charge in [-0.2, -0.15) is 0 Å². The summed E-state index contributed by atoms with van der Waals surface area (Å²) >= 11 is 0. The molecule has 0 fully saturated rings. The van der Waals surface area contributed by atoms with E-state index in [1.165, 1.54) is 11.6 Å². The molecule has 0 aliphatic rings. The third-order valence-corrected chi connectivity index (χ3v) is 2.83. The lowest BCUT2D eigenvalue weighted by molar-refractivity contribution is 0.0685. The highest BCUT2D eigenvalue weighted by atomic mass is 16.5. The van der Waals surface area contributed by atoms with Gasteiger partial charge in [-0.05, 0) is 19.0 Å². The van der Waals surface area contributed by atoms with Gasteiger partial charge >= 0.3 is 5.97 Å². The highest BCUT2D eigenvalue weighted by Crippen LogP contribution is 2.07. The highest BCUT2D eigenvalue weighted by Gasteiger charge is 2.11. The molecule has 2 aromatic rings. The maximum absolute atomic E-state index is 10.7. The Morgan fingerprint density at radius 1 is 1.37 bits per heavy atom. The summed E-state index contributed by atoms with van der Waals surface area (Å²) < 4.78 is 4.98. The van der Waals surface area contributed by atoms with Gasteiger partial charge in [0, 0.05) is 12.6 Å². The van der Waals surface area contributed by atoms with Crippen molar-refractivity contribution in [2.24, 2.45) is 0 Å². The Labute approximate surface area is 111 Å². The van der Waals surface area contributed by atoms with E-state index in [4.69, 9.17) is 9.63 Å². The van der Waals surface area contributed by atoms with E-state index in [0.717, 1.165) is 13.0 Å². The fourth-order valence-corrected chi connectivity index (χ4v) is 1.80. The van der Waals surface area contributed by atoms with Crippen molar-refractivity contribution < 1.29 is 14.4 Å². The molecule has 0 aliphatic carbocycles. The molecule has 5 nitrogen and oxygen atoms in total. The van der Waals surface area contributed by atoms with Crippen molar-refractivity contribution in [1.29, 1.82) is 0 Å². The lowest BCUT2D eigenvalue weighted by Gasteiger charge is -2.14. The molecule has 19 heavy (non-hydrogen) atoms. The van der Waals surface area contributed by atoms with Crippen molar-refractivity contribution in [1.82, 2.24) is 10.1 Å². The first-order valence-corrected chi connectivity index (χ1v) is 6.06. The van der Waals surface area contributed by atoms with Crippen LogP contribution in [-0.2, 0) is 13.0 Å². The van der Waals surface area contributed by atoms with Crippen LogP contribution < -0.4 is 0 Å². The van der Waals surface area contributed by atoms with Gasteiger partial charge in [-0.1, -0.05) is 35.5 Å².